The topological polar surface area (TPSA) is 88.2 Å². The Kier molecular flexibility index (Phi) is 4.30. The van der Waals surface area contributed by atoms with Crippen molar-refractivity contribution in [2.45, 2.75) is 0 Å². The molecule has 0 saturated carbocycles. The molecule has 0 aliphatic carbocycles. The molecular weight excluding hydrogens is 281 g/mol. The summed E-state index contributed by atoms with van der Waals surface area (Å²) >= 11 is 1.16. The third kappa shape index (κ3) is 3.32. The molecule has 1 aromatic carbocycles. The predicted octanol–water partition coefficient (Wildman–Crippen LogP) is 1.55. The van der Waals surface area contributed by atoms with Gasteiger partial charge in [-0.15, -0.1) is 0 Å². The van der Waals surface area contributed by atoms with Gasteiger partial charge in [-0.3, -0.25) is 10.1 Å². The maximum atomic E-state index is 13.1. The van der Waals surface area contributed by atoms with Crippen LogP contribution in [-0.4, -0.2) is 22.5 Å². The molecule has 102 valence electrons. The number of halogens is 1. The number of hydrogen-bond acceptors (Lipinski definition) is 5. The smallest absolute Gasteiger partial charge is 0.261 e. The highest BCUT2D eigenvalue weighted by atomic mass is 32.1. The van der Waals surface area contributed by atoms with E-state index in [1.54, 1.807) is 0 Å². The number of aromatic hydroxyl groups is 1. The van der Waals surface area contributed by atoms with Crippen LogP contribution in [0, 0.1) is 17.7 Å². The summed E-state index contributed by atoms with van der Waals surface area (Å²) < 4.78 is 13.1. The van der Waals surface area contributed by atoms with E-state index in [2.05, 4.69) is 22.1 Å². The summed E-state index contributed by atoms with van der Waals surface area (Å²) in [4.78, 5) is 16.5. The molecule has 0 fully saturated rings. The number of phenols is 1. The highest BCUT2D eigenvalue weighted by molar-refractivity contribution is 7.16. The van der Waals surface area contributed by atoms with Crippen LogP contribution in [0.25, 0.3) is 0 Å². The molecule has 1 heterocycles. The van der Waals surface area contributed by atoms with Crippen molar-refractivity contribution in [1.29, 1.82) is 0 Å². The fraction of sp³-hybridized carbons (Fsp3) is 0.0769. The van der Waals surface area contributed by atoms with Gasteiger partial charge in [0.2, 0.25) is 0 Å². The molecule has 7 heteroatoms. The van der Waals surface area contributed by atoms with Crippen molar-refractivity contribution < 1.29 is 14.3 Å². The van der Waals surface area contributed by atoms with E-state index in [9.17, 15) is 14.3 Å². The quantitative estimate of drug-likeness (QED) is 0.732. The van der Waals surface area contributed by atoms with Gasteiger partial charge < -0.3 is 10.8 Å². The summed E-state index contributed by atoms with van der Waals surface area (Å²) in [5.74, 6) is 3.89. The van der Waals surface area contributed by atoms with Gasteiger partial charge in [-0.1, -0.05) is 23.2 Å². The summed E-state index contributed by atoms with van der Waals surface area (Å²) in [5, 5.41) is 12.3. The predicted molar refractivity (Wildman–Crippen MR) is 74.1 cm³/mol. The number of nitrogens with one attached hydrogen (secondary N) is 1. The van der Waals surface area contributed by atoms with Crippen LogP contribution in [-0.2, 0) is 0 Å². The van der Waals surface area contributed by atoms with Crippen molar-refractivity contribution in [3.05, 3.63) is 40.7 Å². The number of amides is 1. The maximum Gasteiger partial charge on any atom is 0.261 e. The van der Waals surface area contributed by atoms with E-state index < -0.39 is 11.7 Å². The number of phenolic OH excluding ortho intramolecular Hbond substituents is 1. The monoisotopic (exact) mass is 291 g/mol. The normalized spacial score (nSPS) is 9.70. The fourth-order valence-corrected chi connectivity index (χ4v) is 2.07. The van der Waals surface area contributed by atoms with Crippen molar-refractivity contribution in [3.8, 4) is 17.6 Å². The third-order valence-electron chi connectivity index (χ3n) is 2.24. The molecular formula is C13H10FN3O2S. The molecule has 1 aromatic heterocycles. The highest BCUT2D eigenvalue weighted by Crippen LogP contribution is 2.22. The largest absolute Gasteiger partial charge is 0.507 e. The zero-order valence-electron chi connectivity index (χ0n) is 10.2. The molecule has 5 nitrogen and oxygen atoms in total. The SMILES string of the molecule is NCC#Cc1cnc(NC(=O)c2cc(F)ccc2O)s1. The van der Waals surface area contributed by atoms with Gasteiger partial charge in [0.05, 0.1) is 23.2 Å². The first-order chi connectivity index (χ1) is 9.60. The van der Waals surface area contributed by atoms with Crippen LogP contribution in [0.3, 0.4) is 0 Å². The van der Waals surface area contributed by atoms with E-state index >= 15 is 0 Å². The van der Waals surface area contributed by atoms with Crippen molar-refractivity contribution >= 4 is 22.4 Å². The average molecular weight is 291 g/mol. The summed E-state index contributed by atoms with van der Waals surface area (Å²) in [6, 6.07) is 3.13. The Morgan fingerprint density at radius 2 is 2.35 bits per heavy atom. The highest BCUT2D eigenvalue weighted by Gasteiger charge is 2.13. The standard InChI is InChI=1S/C13H10FN3O2S/c14-8-3-4-11(18)10(6-8)12(19)17-13-16-7-9(20-13)2-1-5-15/h3-4,6-7,18H,5,15H2,(H,16,17,19). The molecule has 0 bridgehead atoms. The Morgan fingerprint density at radius 1 is 1.55 bits per heavy atom. The van der Waals surface area contributed by atoms with E-state index in [-0.39, 0.29) is 17.9 Å². The molecule has 2 rings (SSSR count). The number of nitrogens with two attached hydrogens (primary N) is 1. The number of anilines is 1. The first kappa shape index (κ1) is 14.0. The van der Waals surface area contributed by atoms with Gasteiger partial charge in [-0.05, 0) is 18.2 Å². The zero-order valence-corrected chi connectivity index (χ0v) is 11.0. The Balaban J connectivity index is 2.15. The fourth-order valence-electron chi connectivity index (χ4n) is 1.38. The zero-order chi connectivity index (χ0) is 14.5. The van der Waals surface area contributed by atoms with Crippen LogP contribution in [0.2, 0.25) is 0 Å². The summed E-state index contributed by atoms with van der Waals surface area (Å²) in [7, 11) is 0. The van der Waals surface area contributed by atoms with E-state index in [0.29, 0.717) is 10.0 Å². The first-order valence-electron chi connectivity index (χ1n) is 5.55. The molecule has 0 aliphatic heterocycles. The van der Waals surface area contributed by atoms with Crippen LogP contribution in [0.5, 0.6) is 5.75 Å². The third-order valence-corrected chi connectivity index (χ3v) is 3.07. The molecule has 0 saturated heterocycles. The second kappa shape index (κ2) is 6.14. The molecule has 0 unspecified atom stereocenters. The van der Waals surface area contributed by atoms with Gasteiger partial charge in [0.1, 0.15) is 11.6 Å². The number of hydrogen-bond donors (Lipinski definition) is 3. The number of benzene rings is 1. The van der Waals surface area contributed by atoms with E-state index in [4.69, 9.17) is 5.73 Å². The second-order valence-electron chi connectivity index (χ2n) is 3.65. The minimum Gasteiger partial charge on any atom is -0.507 e. The number of nitrogens with zero attached hydrogens (tertiary/aromatic N) is 1. The number of carbonyl (C=O) groups is 1. The Labute approximate surface area is 118 Å². The number of thiazole rings is 1. The van der Waals surface area contributed by atoms with Gasteiger partial charge in [0, 0.05) is 0 Å². The van der Waals surface area contributed by atoms with E-state index in [1.807, 2.05) is 0 Å². The van der Waals surface area contributed by atoms with Crippen LogP contribution >= 0.6 is 11.3 Å². The lowest BCUT2D eigenvalue weighted by atomic mass is 10.2. The van der Waals surface area contributed by atoms with Crippen LogP contribution < -0.4 is 11.1 Å². The lowest BCUT2D eigenvalue weighted by Gasteiger charge is -2.03. The molecule has 4 N–H and O–H groups in total. The van der Waals surface area contributed by atoms with Gasteiger partial charge in [0.15, 0.2) is 5.13 Å². The summed E-state index contributed by atoms with van der Waals surface area (Å²) in [6.07, 6.45) is 1.49. The van der Waals surface area contributed by atoms with E-state index in [1.165, 1.54) is 6.20 Å². The number of carbonyl (C=O) groups excluding carboxylic acids is 1. The number of rotatable bonds is 2. The Morgan fingerprint density at radius 3 is 3.10 bits per heavy atom. The first-order valence-corrected chi connectivity index (χ1v) is 6.36. The van der Waals surface area contributed by atoms with Crippen LogP contribution in [0.15, 0.2) is 24.4 Å². The van der Waals surface area contributed by atoms with Crippen molar-refractivity contribution in [3.63, 3.8) is 0 Å². The van der Waals surface area contributed by atoms with Crippen LogP contribution in [0.4, 0.5) is 9.52 Å². The Hall–Kier alpha value is -2.43. The van der Waals surface area contributed by atoms with Crippen LogP contribution in [0.1, 0.15) is 15.2 Å². The summed E-state index contributed by atoms with van der Waals surface area (Å²) in [6.45, 7) is 0.233. The molecule has 0 aliphatic rings. The lowest BCUT2D eigenvalue weighted by Crippen LogP contribution is -2.12. The summed E-state index contributed by atoms with van der Waals surface area (Å²) in [5.41, 5.74) is 5.09. The molecule has 0 spiro atoms. The van der Waals surface area contributed by atoms with E-state index in [0.717, 1.165) is 29.5 Å². The molecule has 20 heavy (non-hydrogen) atoms. The minimum atomic E-state index is -0.644. The average Bonchev–Trinajstić information content (AvgIpc) is 2.86. The molecule has 1 amide bonds. The minimum absolute atomic E-state index is 0.158. The van der Waals surface area contributed by atoms with Gasteiger partial charge in [-0.25, -0.2) is 9.37 Å². The van der Waals surface area contributed by atoms with Crippen molar-refractivity contribution in [2.24, 2.45) is 5.73 Å². The van der Waals surface area contributed by atoms with Gasteiger partial charge in [0.25, 0.3) is 5.91 Å². The second-order valence-corrected chi connectivity index (χ2v) is 4.68. The number of aromatic nitrogens is 1. The molecule has 0 radical (unpaired) electrons. The molecule has 2 aromatic rings. The van der Waals surface area contributed by atoms with Crippen molar-refractivity contribution in [2.75, 3.05) is 11.9 Å². The Bertz CT molecular complexity index is 703. The van der Waals surface area contributed by atoms with Crippen molar-refractivity contribution in [1.82, 2.24) is 4.98 Å². The maximum absolute atomic E-state index is 13.1. The van der Waals surface area contributed by atoms with Gasteiger partial charge in [-0.2, -0.15) is 0 Å². The van der Waals surface area contributed by atoms with Gasteiger partial charge >= 0.3 is 0 Å². The molecule has 0 atom stereocenters. The lowest BCUT2D eigenvalue weighted by molar-refractivity contribution is 0.102.